The predicted molar refractivity (Wildman–Crippen MR) is 63.4 cm³/mol. The normalized spacial score (nSPS) is 11.9. The molecule has 0 aliphatic rings. The number of rotatable bonds is 4. The predicted octanol–water partition coefficient (Wildman–Crippen LogP) is 2.09. The zero-order valence-electron chi connectivity index (χ0n) is 9.91. The van der Waals surface area contributed by atoms with Gasteiger partial charge in [0.2, 0.25) is 5.91 Å². The number of benzene rings is 1. The summed E-state index contributed by atoms with van der Waals surface area (Å²) in [4.78, 5) is 22.6. The molecule has 0 fully saturated rings. The van der Waals surface area contributed by atoms with Gasteiger partial charge in [-0.3, -0.25) is 9.59 Å². The van der Waals surface area contributed by atoms with Crippen LogP contribution in [0.2, 0.25) is 0 Å². The van der Waals surface area contributed by atoms with E-state index in [0.29, 0.717) is 12.0 Å². The molecule has 1 aromatic carbocycles. The van der Waals surface area contributed by atoms with Gasteiger partial charge in [0.1, 0.15) is 0 Å². The lowest BCUT2D eigenvalue weighted by Gasteiger charge is -2.11. The van der Waals surface area contributed by atoms with Crippen LogP contribution in [0.15, 0.2) is 24.3 Å². The minimum Gasteiger partial charge on any atom is -0.353 e. The molecule has 0 radical (unpaired) electrons. The van der Waals surface area contributed by atoms with Crippen LogP contribution in [0.1, 0.15) is 36.2 Å². The van der Waals surface area contributed by atoms with Gasteiger partial charge in [-0.15, -0.1) is 0 Å². The maximum Gasteiger partial charge on any atom is 0.217 e. The molecule has 1 amide bonds. The first kappa shape index (κ1) is 12.4. The molecule has 0 saturated carbocycles. The number of nitrogens with one attached hydrogen (secondary N) is 1. The van der Waals surface area contributed by atoms with E-state index in [2.05, 4.69) is 5.32 Å². The third-order valence-electron chi connectivity index (χ3n) is 2.31. The number of ketones is 1. The van der Waals surface area contributed by atoms with Gasteiger partial charge in [-0.2, -0.15) is 0 Å². The van der Waals surface area contributed by atoms with Gasteiger partial charge in [0.25, 0.3) is 0 Å². The Hall–Kier alpha value is -1.64. The Morgan fingerprint density at radius 3 is 2.31 bits per heavy atom. The fourth-order valence-electron chi connectivity index (χ4n) is 1.53. The molecule has 0 bridgehead atoms. The maximum atomic E-state index is 11.8. The second kappa shape index (κ2) is 5.45. The molecule has 16 heavy (non-hydrogen) atoms. The number of hydrogen-bond donors (Lipinski definition) is 1. The summed E-state index contributed by atoms with van der Waals surface area (Å²) in [5.74, 6) is -0.0505. The van der Waals surface area contributed by atoms with Crippen molar-refractivity contribution in [3.8, 4) is 0 Å². The van der Waals surface area contributed by atoms with E-state index in [4.69, 9.17) is 0 Å². The Morgan fingerprint density at radius 2 is 1.81 bits per heavy atom. The summed E-state index contributed by atoms with van der Waals surface area (Å²) in [5.41, 5.74) is 1.83. The van der Waals surface area contributed by atoms with Gasteiger partial charge in [-0.25, -0.2) is 0 Å². The van der Waals surface area contributed by atoms with Crippen LogP contribution in [0.5, 0.6) is 0 Å². The summed E-state index contributed by atoms with van der Waals surface area (Å²) < 4.78 is 0. The molecule has 0 aromatic heterocycles. The molecule has 1 unspecified atom stereocenters. The third-order valence-corrected chi connectivity index (χ3v) is 2.31. The quantitative estimate of drug-likeness (QED) is 0.788. The van der Waals surface area contributed by atoms with Gasteiger partial charge in [-0.05, 0) is 13.8 Å². The molecule has 0 heterocycles. The van der Waals surface area contributed by atoms with Gasteiger partial charge < -0.3 is 5.32 Å². The largest absolute Gasteiger partial charge is 0.353 e. The summed E-state index contributed by atoms with van der Waals surface area (Å²) in [6.45, 7) is 5.26. The summed E-state index contributed by atoms with van der Waals surface area (Å²) in [6.07, 6.45) is 0.336. The number of carbonyl (C=O) groups is 2. The molecule has 1 N–H and O–H groups in total. The minimum absolute atomic E-state index is 0.0567. The summed E-state index contributed by atoms with van der Waals surface area (Å²) in [7, 11) is 0. The summed E-state index contributed by atoms with van der Waals surface area (Å²) in [6, 6.07) is 7.34. The Bertz CT molecular complexity index is 381. The monoisotopic (exact) mass is 219 g/mol. The highest BCUT2D eigenvalue weighted by Crippen LogP contribution is 2.07. The molecule has 1 atom stereocenters. The molecule has 86 valence electrons. The van der Waals surface area contributed by atoms with Crippen LogP contribution < -0.4 is 5.32 Å². The van der Waals surface area contributed by atoms with Crippen molar-refractivity contribution in [1.82, 2.24) is 5.32 Å². The lowest BCUT2D eigenvalue weighted by Crippen LogP contribution is -2.32. The van der Waals surface area contributed by atoms with E-state index in [1.54, 1.807) is 0 Å². The van der Waals surface area contributed by atoms with Crippen LogP contribution in [0.4, 0.5) is 0 Å². The van der Waals surface area contributed by atoms with Gasteiger partial charge in [0, 0.05) is 24.9 Å². The van der Waals surface area contributed by atoms with Crippen molar-refractivity contribution >= 4 is 11.7 Å². The minimum atomic E-state index is -0.119. The second-order valence-electron chi connectivity index (χ2n) is 4.09. The topological polar surface area (TPSA) is 46.2 Å². The van der Waals surface area contributed by atoms with Gasteiger partial charge in [0.05, 0.1) is 0 Å². The maximum absolute atomic E-state index is 11.8. The van der Waals surface area contributed by atoms with Gasteiger partial charge in [0.15, 0.2) is 5.78 Å². The SMILES string of the molecule is CC(=O)NC(C)CC(=O)c1ccc(C)cc1. The average molecular weight is 219 g/mol. The molecule has 3 nitrogen and oxygen atoms in total. The van der Waals surface area contributed by atoms with Crippen molar-refractivity contribution in [2.75, 3.05) is 0 Å². The third kappa shape index (κ3) is 3.85. The average Bonchev–Trinajstić information content (AvgIpc) is 2.16. The van der Waals surface area contributed by atoms with E-state index in [9.17, 15) is 9.59 Å². The number of amides is 1. The molecule has 0 aliphatic heterocycles. The smallest absolute Gasteiger partial charge is 0.217 e. The van der Waals surface area contributed by atoms with Crippen LogP contribution in [0.3, 0.4) is 0 Å². The zero-order chi connectivity index (χ0) is 12.1. The van der Waals surface area contributed by atoms with Crippen molar-refractivity contribution in [2.45, 2.75) is 33.2 Å². The first-order valence-corrected chi connectivity index (χ1v) is 5.36. The lowest BCUT2D eigenvalue weighted by atomic mass is 10.0. The van der Waals surface area contributed by atoms with Crippen molar-refractivity contribution in [3.05, 3.63) is 35.4 Å². The lowest BCUT2D eigenvalue weighted by molar-refractivity contribution is -0.119. The molecule has 1 rings (SSSR count). The van der Waals surface area contributed by atoms with E-state index in [0.717, 1.165) is 5.56 Å². The highest BCUT2D eigenvalue weighted by Gasteiger charge is 2.11. The Labute approximate surface area is 95.9 Å². The fourth-order valence-corrected chi connectivity index (χ4v) is 1.53. The van der Waals surface area contributed by atoms with Gasteiger partial charge in [-0.1, -0.05) is 29.8 Å². The number of aryl methyl sites for hydroxylation is 1. The van der Waals surface area contributed by atoms with Crippen LogP contribution in [0, 0.1) is 6.92 Å². The summed E-state index contributed by atoms with van der Waals surface area (Å²) in [5, 5.41) is 2.70. The zero-order valence-corrected chi connectivity index (χ0v) is 9.91. The van der Waals surface area contributed by atoms with Crippen LogP contribution >= 0.6 is 0 Å². The number of carbonyl (C=O) groups excluding carboxylic acids is 2. The van der Waals surface area contributed by atoms with Crippen molar-refractivity contribution < 1.29 is 9.59 Å². The van der Waals surface area contributed by atoms with E-state index < -0.39 is 0 Å². The van der Waals surface area contributed by atoms with E-state index in [1.807, 2.05) is 38.1 Å². The first-order chi connectivity index (χ1) is 7.49. The van der Waals surface area contributed by atoms with Gasteiger partial charge >= 0.3 is 0 Å². The Morgan fingerprint density at radius 1 is 1.25 bits per heavy atom. The highest BCUT2D eigenvalue weighted by atomic mass is 16.1. The van der Waals surface area contributed by atoms with Crippen molar-refractivity contribution in [1.29, 1.82) is 0 Å². The van der Waals surface area contributed by atoms with Crippen LogP contribution in [-0.2, 0) is 4.79 Å². The molecule has 0 aliphatic carbocycles. The molecule has 1 aromatic rings. The second-order valence-corrected chi connectivity index (χ2v) is 4.09. The first-order valence-electron chi connectivity index (χ1n) is 5.36. The molecular weight excluding hydrogens is 202 g/mol. The standard InChI is InChI=1S/C13H17NO2/c1-9-4-6-12(7-5-9)13(16)8-10(2)14-11(3)15/h4-7,10H,8H2,1-3H3,(H,14,15). The Balaban J connectivity index is 2.58. The number of hydrogen-bond acceptors (Lipinski definition) is 2. The van der Waals surface area contributed by atoms with E-state index >= 15 is 0 Å². The number of Topliss-reactive ketones (excluding diaryl/α,β-unsaturated/α-hetero) is 1. The Kier molecular flexibility index (Phi) is 4.23. The molecule has 0 saturated heterocycles. The fraction of sp³-hybridized carbons (Fsp3) is 0.385. The van der Waals surface area contributed by atoms with Crippen molar-refractivity contribution in [3.63, 3.8) is 0 Å². The highest BCUT2D eigenvalue weighted by molar-refractivity contribution is 5.96. The molecular formula is C13H17NO2. The summed E-state index contributed by atoms with van der Waals surface area (Å²) >= 11 is 0. The van der Waals surface area contributed by atoms with Crippen LogP contribution in [0.25, 0.3) is 0 Å². The van der Waals surface area contributed by atoms with Crippen molar-refractivity contribution in [2.24, 2.45) is 0 Å². The van der Waals surface area contributed by atoms with E-state index in [1.165, 1.54) is 6.92 Å². The molecule has 0 spiro atoms. The molecule has 3 heteroatoms. The van der Waals surface area contributed by atoms with Crippen LogP contribution in [-0.4, -0.2) is 17.7 Å². The van der Waals surface area contributed by atoms with E-state index in [-0.39, 0.29) is 17.7 Å².